The monoisotopic (exact) mass is 340 g/mol. The summed E-state index contributed by atoms with van der Waals surface area (Å²) in [5.41, 5.74) is -3.92. The first-order chi connectivity index (χ1) is 10.5. The Balaban J connectivity index is 2.26. The summed E-state index contributed by atoms with van der Waals surface area (Å²) < 4.78 is 75.9. The minimum Gasteiger partial charge on any atom is -0.345 e. The van der Waals surface area contributed by atoms with Crippen molar-refractivity contribution in [1.82, 2.24) is 5.32 Å². The third kappa shape index (κ3) is 4.60. The third-order valence-corrected chi connectivity index (χ3v) is 2.96. The van der Waals surface area contributed by atoms with Crippen molar-refractivity contribution in [1.29, 1.82) is 0 Å². The molecule has 0 heterocycles. The second-order valence-corrected chi connectivity index (χ2v) is 5.00. The molecule has 0 bridgehead atoms. The number of carbonyl (C=O) groups excluding carboxylic acids is 2. The van der Waals surface area contributed by atoms with Crippen molar-refractivity contribution in [2.45, 2.75) is 31.2 Å². The molecule has 2 rings (SSSR count). The number of amides is 2. The molecular weight excluding hydrogens is 330 g/mol. The van der Waals surface area contributed by atoms with Gasteiger partial charge >= 0.3 is 24.2 Å². The molecule has 4 nitrogen and oxygen atoms in total. The summed E-state index contributed by atoms with van der Waals surface area (Å²) in [6.45, 7) is 0. The zero-order valence-electron chi connectivity index (χ0n) is 11.3. The van der Waals surface area contributed by atoms with E-state index in [1.807, 2.05) is 0 Å². The maximum atomic E-state index is 12.7. The van der Waals surface area contributed by atoms with Gasteiger partial charge in [-0.1, -0.05) is 0 Å². The van der Waals surface area contributed by atoms with Gasteiger partial charge in [0, 0.05) is 11.7 Å². The number of benzene rings is 1. The first-order valence-electron chi connectivity index (χ1n) is 6.38. The number of hydrogen-bond acceptors (Lipinski definition) is 2. The van der Waals surface area contributed by atoms with E-state index in [-0.39, 0.29) is 12.1 Å². The molecule has 1 aliphatic rings. The maximum absolute atomic E-state index is 12.7. The third-order valence-electron chi connectivity index (χ3n) is 2.96. The quantitative estimate of drug-likeness (QED) is 0.642. The van der Waals surface area contributed by atoms with Crippen LogP contribution in [0.15, 0.2) is 18.2 Å². The largest absolute Gasteiger partial charge is 0.416 e. The topological polar surface area (TPSA) is 58.2 Å². The van der Waals surface area contributed by atoms with Crippen LogP contribution in [-0.4, -0.2) is 17.9 Å². The van der Waals surface area contributed by atoms with Gasteiger partial charge in [0.15, 0.2) is 0 Å². The summed E-state index contributed by atoms with van der Waals surface area (Å²) in [6.07, 6.45) is -8.73. The molecule has 0 saturated heterocycles. The Morgan fingerprint density at radius 2 is 1.35 bits per heavy atom. The van der Waals surface area contributed by atoms with Gasteiger partial charge in [0.25, 0.3) is 0 Å². The Kier molecular flexibility index (Phi) is 4.27. The van der Waals surface area contributed by atoms with Crippen LogP contribution in [-0.2, 0) is 21.9 Å². The van der Waals surface area contributed by atoms with Crippen LogP contribution in [0.1, 0.15) is 24.0 Å². The standard InChI is InChI=1S/C13H10F6N2O2/c14-12(15,16)6-3-7(13(17,18)19)5-9(4-6)21-11(23)10(22)20-8-1-2-8/h3-5,8H,1-2H2,(H,20,22)(H,21,23). The molecule has 0 radical (unpaired) electrons. The zero-order chi connectivity index (χ0) is 17.4. The molecule has 0 atom stereocenters. The van der Waals surface area contributed by atoms with E-state index in [2.05, 4.69) is 5.32 Å². The van der Waals surface area contributed by atoms with Gasteiger partial charge in [0.05, 0.1) is 11.1 Å². The van der Waals surface area contributed by atoms with Crippen LogP contribution < -0.4 is 10.6 Å². The van der Waals surface area contributed by atoms with Crippen LogP contribution in [0.25, 0.3) is 0 Å². The van der Waals surface area contributed by atoms with Crippen LogP contribution in [0, 0.1) is 0 Å². The van der Waals surface area contributed by atoms with Crippen LogP contribution >= 0.6 is 0 Å². The van der Waals surface area contributed by atoms with Gasteiger partial charge in [0.1, 0.15) is 0 Å². The lowest BCUT2D eigenvalue weighted by molar-refractivity contribution is -0.143. The molecule has 0 aliphatic heterocycles. The number of carbonyl (C=O) groups is 2. The molecule has 1 aromatic rings. The van der Waals surface area contributed by atoms with E-state index in [1.54, 1.807) is 5.32 Å². The van der Waals surface area contributed by atoms with E-state index in [4.69, 9.17) is 0 Å². The van der Waals surface area contributed by atoms with E-state index >= 15 is 0 Å². The predicted molar refractivity (Wildman–Crippen MR) is 66.2 cm³/mol. The lowest BCUT2D eigenvalue weighted by Gasteiger charge is -2.14. The Bertz CT molecular complexity index is 602. The molecule has 1 aromatic carbocycles. The number of halogens is 6. The van der Waals surface area contributed by atoms with Gasteiger partial charge in [-0.3, -0.25) is 9.59 Å². The minimum absolute atomic E-state index is 0.0695. The predicted octanol–water partition coefficient (Wildman–Crippen LogP) is 2.94. The van der Waals surface area contributed by atoms with Gasteiger partial charge in [-0.15, -0.1) is 0 Å². The Morgan fingerprint density at radius 3 is 1.74 bits per heavy atom. The molecule has 1 aliphatic carbocycles. The maximum Gasteiger partial charge on any atom is 0.416 e. The van der Waals surface area contributed by atoms with Crippen molar-refractivity contribution in [2.75, 3.05) is 5.32 Å². The summed E-state index contributed by atoms with van der Waals surface area (Å²) in [6, 6.07) is 0.412. The highest BCUT2D eigenvalue weighted by Crippen LogP contribution is 2.37. The summed E-state index contributed by atoms with van der Waals surface area (Å²) in [5, 5.41) is 4.02. The molecule has 0 unspecified atom stereocenters. The lowest BCUT2D eigenvalue weighted by Crippen LogP contribution is -2.36. The average molecular weight is 340 g/mol. The smallest absolute Gasteiger partial charge is 0.345 e. The van der Waals surface area contributed by atoms with Crippen molar-refractivity contribution < 1.29 is 35.9 Å². The highest BCUT2D eigenvalue weighted by molar-refractivity contribution is 6.39. The molecule has 126 valence electrons. The zero-order valence-corrected chi connectivity index (χ0v) is 11.3. The van der Waals surface area contributed by atoms with Gasteiger partial charge in [-0.2, -0.15) is 26.3 Å². The SMILES string of the molecule is O=C(Nc1cc(C(F)(F)F)cc(C(F)(F)F)c1)C(=O)NC1CC1. The lowest BCUT2D eigenvalue weighted by atomic mass is 10.1. The molecule has 1 saturated carbocycles. The molecule has 0 aromatic heterocycles. The van der Waals surface area contributed by atoms with E-state index < -0.39 is 41.0 Å². The minimum atomic E-state index is -5.03. The van der Waals surface area contributed by atoms with Crippen LogP contribution in [0.4, 0.5) is 32.0 Å². The Morgan fingerprint density at radius 1 is 0.870 bits per heavy atom. The van der Waals surface area contributed by atoms with E-state index in [9.17, 15) is 35.9 Å². The summed E-state index contributed by atoms with van der Waals surface area (Å²) >= 11 is 0. The Hall–Kier alpha value is -2.26. The fourth-order valence-electron chi connectivity index (χ4n) is 1.69. The van der Waals surface area contributed by atoms with Crippen molar-refractivity contribution in [3.05, 3.63) is 29.3 Å². The number of rotatable bonds is 2. The molecule has 10 heteroatoms. The summed E-state index contributed by atoms with van der Waals surface area (Å²) in [7, 11) is 0. The molecule has 2 amide bonds. The van der Waals surface area contributed by atoms with Crippen molar-refractivity contribution >= 4 is 17.5 Å². The fourth-order valence-corrected chi connectivity index (χ4v) is 1.69. The number of nitrogens with one attached hydrogen (secondary N) is 2. The first kappa shape index (κ1) is 17.1. The molecule has 0 spiro atoms. The van der Waals surface area contributed by atoms with Crippen LogP contribution in [0.5, 0.6) is 0 Å². The van der Waals surface area contributed by atoms with Gasteiger partial charge < -0.3 is 10.6 Å². The van der Waals surface area contributed by atoms with E-state index in [1.165, 1.54) is 0 Å². The number of hydrogen-bond donors (Lipinski definition) is 2. The number of anilines is 1. The van der Waals surface area contributed by atoms with Crippen molar-refractivity contribution in [2.24, 2.45) is 0 Å². The molecular formula is C13H10F6N2O2. The molecule has 2 N–H and O–H groups in total. The average Bonchev–Trinajstić information content (AvgIpc) is 3.20. The number of alkyl halides is 6. The van der Waals surface area contributed by atoms with E-state index in [0.717, 1.165) is 0 Å². The van der Waals surface area contributed by atoms with Crippen molar-refractivity contribution in [3.63, 3.8) is 0 Å². The van der Waals surface area contributed by atoms with Crippen LogP contribution in [0.2, 0.25) is 0 Å². The van der Waals surface area contributed by atoms with Gasteiger partial charge in [-0.25, -0.2) is 0 Å². The summed E-state index contributed by atoms with van der Waals surface area (Å²) in [4.78, 5) is 22.9. The fraction of sp³-hybridized carbons (Fsp3) is 0.385. The molecule has 1 fully saturated rings. The van der Waals surface area contributed by atoms with Gasteiger partial charge in [-0.05, 0) is 31.0 Å². The Labute approximate surface area is 125 Å². The highest BCUT2D eigenvalue weighted by atomic mass is 19.4. The summed E-state index contributed by atoms with van der Waals surface area (Å²) in [5.74, 6) is -2.44. The second kappa shape index (κ2) is 5.74. The van der Waals surface area contributed by atoms with Crippen molar-refractivity contribution in [3.8, 4) is 0 Å². The highest BCUT2D eigenvalue weighted by Gasteiger charge is 2.37. The second-order valence-electron chi connectivity index (χ2n) is 5.00. The van der Waals surface area contributed by atoms with Crippen LogP contribution in [0.3, 0.4) is 0 Å². The van der Waals surface area contributed by atoms with E-state index in [0.29, 0.717) is 25.0 Å². The molecule has 23 heavy (non-hydrogen) atoms. The first-order valence-corrected chi connectivity index (χ1v) is 6.38. The normalized spacial score (nSPS) is 15.2. The van der Waals surface area contributed by atoms with Gasteiger partial charge in [0.2, 0.25) is 0 Å².